The summed E-state index contributed by atoms with van der Waals surface area (Å²) in [5.74, 6) is 0. The summed E-state index contributed by atoms with van der Waals surface area (Å²) in [7, 11) is 0. The Morgan fingerprint density at radius 2 is 0.600 bits per heavy atom. The average Bonchev–Trinajstić information content (AvgIpc) is 0. The maximum Gasteiger partial charge on any atom is 4.00 e. The van der Waals surface area contributed by atoms with Gasteiger partial charge in [-0.2, -0.15) is 0 Å². The van der Waals surface area contributed by atoms with E-state index in [0.29, 0.717) is 0 Å². The summed E-state index contributed by atoms with van der Waals surface area (Å²) in [6.45, 7) is 0. The van der Waals surface area contributed by atoms with Crippen molar-refractivity contribution in [1.82, 2.24) is 0 Å². The predicted molar refractivity (Wildman–Crippen MR) is 23.4 cm³/mol. The van der Waals surface area contributed by atoms with Crippen LogP contribution in [0.15, 0.2) is 0 Å². The third-order valence-electron chi connectivity index (χ3n) is 0. The van der Waals surface area contributed by atoms with Crippen molar-refractivity contribution in [2.24, 2.45) is 0 Å². The molecule has 4 N–H and O–H groups in total. The van der Waals surface area contributed by atoms with Crippen LogP contribution in [0.1, 0.15) is 0 Å². The Balaban J connectivity index is 0. The molecule has 3 heteroatoms. The summed E-state index contributed by atoms with van der Waals surface area (Å²) >= 11 is 0. The second-order valence-corrected chi connectivity index (χ2v) is 0. The summed E-state index contributed by atoms with van der Waals surface area (Å²) in [5.41, 5.74) is 0. The van der Waals surface area contributed by atoms with Gasteiger partial charge in [0.2, 0.25) is 0 Å². The summed E-state index contributed by atoms with van der Waals surface area (Å²) in [6.07, 6.45) is 0. The Labute approximate surface area is 49.4 Å². The van der Waals surface area contributed by atoms with Gasteiger partial charge in [0, 0.05) is 0 Å². The first-order valence-corrected chi connectivity index (χ1v) is 0. The Kier molecular flexibility index (Phi) is 9150. The second kappa shape index (κ2) is 152. The molecular weight excluding hydrogens is 99.9 g/mol. The third-order valence-corrected chi connectivity index (χ3v) is 0. The van der Waals surface area contributed by atoms with Gasteiger partial charge in [-0.15, -0.1) is 0 Å². The molecule has 0 aliphatic rings. The Morgan fingerprint density at radius 3 is 0.600 bits per heavy atom. The molecule has 0 heterocycles. The van der Waals surface area contributed by atoms with Crippen LogP contribution in [0.25, 0.3) is 12.3 Å². The fraction of sp³-hybridized carbons (Fsp3) is 0. The molecular formula is C2H10N2Ti. The topological polar surface area (TPSA) is 67.0 Å². The van der Waals surface area contributed by atoms with Gasteiger partial charge in [0.1, 0.15) is 0 Å². The van der Waals surface area contributed by atoms with Crippen molar-refractivity contribution < 1.29 is 21.7 Å². The first kappa shape index (κ1) is 301. The molecule has 0 amide bonds. The van der Waals surface area contributed by atoms with Gasteiger partial charge in [-0.1, -0.05) is 0 Å². The molecule has 0 aromatic heterocycles. The van der Waals surface area contributed by atoms with E-state index in [9.17, 15) is 0 Å². The molecule has 2 nitrogen and oxygen atoms in total. The molecule has 32 valence electrons. The fourth-order valence-electron chi connectivity index (χ4n) is 0. The molecule has 0 rings (SSSR count). The van der Waals surface area contributed by atoms with E-state index in [1.54, 1.807) is 0 Å². The molecule has 0 fully saturated rings. The SMILES string of the molecule is [CH3-].[CH3-].[NH2-].[NH2-].[Ti+4]. The second-order valence-electron chi connectivity index (χ2n) is 0. The number of hydrogen-bond donors (Lipinski definition) is 0. The normalized spacial score (nSPS) is 0. The first-order chi connectivity index (χ1) is 0. The number of nitrogens with two attached hydrogens (primary N) is 2. The van der Waals surface area contributed by atoms with E-state index in [2.05, 4.69) is 0 Å². The maximum atomic E-state index is 0. The molecule has 0 aromatic rings. The van der Waals surface area contributed by atoms with Crippen LogP contribution < -0.4 is 0 Å². The predicted octanol–water partition coefficient (Wildman–Crippen LogP) is 2.33. The number of hydrogen-bond acceptors (Lipinski definition) is 0. The smallest absolute Gasteiger partial charge is 0.693 e. The van der Waals surface area contributed by atoms with Crippen LogP contribution in [0, 0.1) is 14.9 Å². The minimum absolute atomic E-state index is 0. The van der Waals surface area contributed by atoms with Gasteiger partial charge in [-0.25, -0.2) is 0 Å². The largest absolute Gasteiger partial charge is 4.00 e. The molecule has 0 atom stereocenters. The van der Waals surface area contributed by atoms with E-state index in [1.807, 2.05) is 0 Å². The molecule has 0 unspecified atom stereocenters. The van der Waals surface area contributed by atoms with E-state index in [0.717, 1.165) is 0 Å². The summed E-state index contributed by atoms with van der Waals surface area (Å²) in [4.78, 5) is 0. The Morgan fingerprint density at radius 1 is 0.600 bits per heavy atom. The van der Waals surface area contributed by atoms with Crippen LogP contribution in [0.3, 0.4) is 0 Å². The fourth-order valence-corrected chi connectivity index (χ4v) is 0. The molecule has 0 aromatic carbocycles. The summed E-state index contributed by atoms with van der Waals surface area (Å²) in [5, 5.41) is 0. The van der Waals surface area contributed by atoms with Crippen molar-refractivity contribution in [2.75, 3.05) is 0 Å². The van der Waals surface area contributed by atoms with E-state index in [1.165, 1.54) is 0 Å². The summed E-state index contributed by atoms with van der Waals surface area (Å²) < 4.78 is 0. The van der Waals surface area contributed by atoms with Crippen LogP contribution >= 0.6 is 0 Å². The molecule has 0 saturated heterocycles. The van der Waals surface area contributed by atoms with Crippen molar-refractivity contribution in [3.05, 3.63) is 27.2 Å². The van der Waals surface area contributed by atoms with Crippen LogP contribution in [0.5, 0.6) is 0 Å². The standard InChI is InChI=1S/2CH3.2H2N.Ti/h2*1H3;2*1H2;/q4*-1;+4. The van der Waals surface area contributed by atoms with Crippen molar-refractivity contribution in [1.29, 1.82) is 0 Å². The quantitative estimate of drug-likeness (QED) is 0.339. The zero-order chi connectivity index (χ0) is 0. The van der Waals surface area contributed by atoms with Gasteiger partial charge in [-0.3, -0.25) is 0 Å². The van der Waals surface area contributed by atoms with E-state index in [-0.39, 0.29) is 48.9 Å². The first-order valence-electron chi connectivity index (χ1n) is 0. The van der Waals surface area contributed by atoms with Gasteiger partial charge in [0.05, 0.1) is 0 Å². The minimum atomic E-state index is 0. The van der Waals surface area contributed by atoms with E-state index >= 15 is 0 Å². The molecule has 5 heavy (non-hydrogen) atoms. The van der Waals surface area contributed by atoms with E-state index in [4.69, 9.17) is 0 Å². The molecule has 0 radical (unpaired) electrons. The van der Waals surface area contributed by atoms with Crippen molar-refractivity contribution in [3.8, 4) is 0 Å². The van der Waals surface area contributed by atoms with E-state index < -0.39 is 0 Å². The van der Waals surface area contributed by atoms with Gasteiger partial charge in [0.25, 0.3) is 0 Å². The Bertz CT molecular complexity index is 7.61. The van der Waals surface area contributed by atoms with Crippen molar-refractivity contribution >= 4 is 0 Å². The van der Waals surface area contributed by atoms with Crippen LogP contribution in [0.2, 0.25) is 0 Å². The van der Waals surface area contributed by atoms with Gasteiger partial charge >= 0.3 is 21.7 Å². The third kappa shape index (κ3) is 79.9. The zero-order valence-corrected chi connectivity index (χ0v) is 5.22. The Hall–Kier alpha value is 0.634. The molecule has 0 spiro atoms. The van der Waals surface area contributed by atoms with Gasteiger partial charge < -0.3 is 27.2 Å². The van der Waals surface area contributed by atoms with Crippen molar-refractivity contribution in [2.45, 2.75) is 0 Å². The van der Waals surface area contributed by atoms with Crippen LogP contribution in [-0.4, -0.2) is 0 Å². The summed E-state index contributed by atoms with van der Waals surface area (Å²) in [6, 6.07) is 0. The maximum absolute atomic E-state index is 0. The van der Waals surface area contributed by atoms with Gasteiger partial charge in [0.15, 0.2) is 0 Å². The average molecular weight is 110 g/mol. The van der Waals surface area contributed by atoms with Crippen LogP contribution in [0.4, 0.5) is 0 Å². The van der Waals surface area contributed by atoms with Gasteiger partial charge in [-0.05, 0) is 0 Å². The molecule has 0 saturated carbocycles. The minimum Gasteiger partial charge on any atom is -0.693 e. The van der Waals surface area contributed by atoms with Crippen LogP contribution in [-0.2, 0) is 21.7 Å². The molecule has 0 bridgehead atoms. The molecule has 0 aliphatic heterocycles. The monoisotopic (exact) mass is 110 g/mol. The zero-order valence-electron chi connectivity index (χ0n) is 3.65. The number of rotatable bonds is 0. The van der Waals surface area contributed by atoms with Crippen molar-refractivity contribution in [3.63, 3.8) is 0 Å². The molecule has 0 aliphatic carbocycles.